The first-order valence-electron chi connectivity index (χ1n) is 9.30. The van der Waals surface area contributed by atoms with E-state index in [1.165, 1.54) is 0 Å². The summed E-state index contributed by atoms with van der Waals surface area (Å²) in [5, 5.41) is 5.92. The average molecular weight is 365 g/mol. The summed E-state index contributed by atoms with van der Waals surface area (Å²) >= 11 is 0. The summed E-state index contributed by atoms with van der Waals surface area (Å²) in [4.78, 5) is 26.4. The summed E-state index contributed by atoms with van der Waals surface area (Å²) < 4.78 is 5.82. The molecule has 0 aromatic heterocycles. The van der Waals surface area contributed by atoms with E-state index in [0.717, 1.165) is 18.4 Å². The largest absolute Gasteiger partial charge is 0.489 e. The fourth-order valence-electron chi connectivity index (χ4n) is 3.62. The zero-order chi connectivity index (χ0) is 18.6. The lowest BCUT2D eigenvalue weighted by Crippen LogP contribution is -2.44. The van der Waals surface area contributed by atoms with E-state index in [0.29, 0.717) is 31.1 Å². The number of amides is 3. The predicted octanol–water partition coefficient (Wildman–Crippen LogP) is 3.01. The quantitative estimate of drug-likeness (QED) is 0.875. The molecule has 0 unspecified atom stereocenters. The number of nitrogens with one attached hydrogen (secondary N) is 2. The second-order valence-corrected chi connectivity index (χ2v) is 7.12. The average Bonchev–Trinajstić information content (AvgIpc) is 2.99. The fraction of sp³-hybridized carbons (Fsp3) is 0.333. The number of hydrogen-bond donors (Lipinski definition) is 2. The number of hydrogen-bond acceptors (Lipinski definition) is 3. The molecule has 0 aliphatic carbocycles. The number of carbonyl (C=O) groups is 2. The van der Waals surface area contributed by atoms with Crippen molar-refractivity contribution in [1.82, 2.24) is 10.2 Å². The molecular formula is C21H23N3O3. The van der Waals surface area contributed by atoms with Gasteiger partial charge in [-0.3, -0.25) is 4.79 Å². The summed E-state index contributed by atoms with van der Waals surface area (Å²) in [5.74, 6) is 0.664. The van der Waals surface area contributed by atoms with Crippen molar-refractivity contribution in [2.45, 2.75) is 25.5 Å². The Morgan fingerprint density at radius 3 is 2.78 bits per heavy atom. The van der Waals surface area contributed by atoms with E-state index in [-0.39, 0.29) is 23.9 Å². The molecule has 0 radical (unpaired) electrons. The molecule has 2 aromatic carbocycles. The van der Waals surface area contributed by atoms with Crippen LogP contribution < -0.4 is 15.4 Å². The maximum absolute atomic E-state index is 12.7. The van der Waals surface area contributed by atoms with Gasteiger partial charge in [0.05, 0.1) is 5.92 Å². The molecule has 3 aliphatic rings. The standard InChI is InChI=1S/C21H23N3O3/c25-20-16-9-10-18(22-20)13-24(12-16)21(26)23-17-7-4-8-19(11-17)27-14-15-5-2-1-3-6-15/h1-8,11,16,18H,9-10,12-14H2,(H,22,25)(H,23,26)/t16-,18+/m1/s1. The number of nitrogens with zero attached hydrogens (tertiary/aromatic N) is 1. The molecule has 0 saturated carbocycles. The number of anilines is 1. The van der Waals surface area contributed by atoms with Gasteiger partial charge in [-0.25, -0.2) is 4.79 Å². The molecule has 3 aliphatic heterocycles. The first-order valence-corrected chi connectivity index (χ1v) is 9.30. The molecule has 3 heterocycles. The van der Waals surface area contributed by atoms with E-state index >= 15 is 0 Å². The zero-order valence-electron chi connectivity index (χ0n) is 15.1. The third-order valence-electron chi connectivity index (χ3n) is 5.08. The lowest BCUT2D eigenvalue weighted by Gasteiger charge is -2.23. The van der Waals surface area contributed by atoms with Gasteiger partial charge in [-0.2, -0.15) is 0 Å². The van der Waals surface area contributed by atoms with Crippen LogP contribution in [0.2, 0.25) is 0 Å². The molecule has 3 saturated heterocycles. The number of ether oxygens (including phenoxy) is 1. The van der Waals surface area contributed by atoms with Crippen molar-refractivity contribution >= 4 is 17.6 Å². The molecule has 27 heavy (non-hydrogen) atoms. The van der Waals surface area contributed by atoms with Crippen molar-refractivity contribution in [3.8, 4) is 5.75 Å². The number of benzene rings is 2. The van der Waals surface area contributed by atoms with E-state index in [9.17, 15) is 9.59 Å². The van der Waals surface area contributed by atoms with Gasteiger partial charge in [0.15, 0.2) is 0 Å². The second-order valence-electron chi connectivity index (χ2n) is 7.12. The molecule has 2 bridgehead atoms. The highest BCUT2D eigenvalue weighted by molar-refractivity contribution is 5.90. The summed E-state index contributed by atoms with van der Waals surface area (Å²) in [6.45, 7) is 1.50. The van der Waals surface area contributed by atoms with Gasteiger partial charge >= 0.3 is 6.03 Å². The van der Waals surface area contributed by atoms with Crippen molar-refractivity contribution < 1.29 is 14.3 Å². The van der Waals surface area contributed by atoms with E-state index in [1.807, 2.05) is 54.6 Å². The third-order valence-corrected chi connectivity index (χ3v) is 5.08. The van der Waals surface area contributed by atoms with Gasteiger partial charge in [-0.15, -0.1) is 0 Å². The molecule has 0 spiro atoms. The number of piperidine rings is 1. The number of fused-ring (bicyclic) bond motifs is 4. The Morgan fingerprint density at radius 1 is 1.11 bits per heavy atom. The van der Waals surface area contributed by atoms with Crippen molar-refractivity contribution in [2.24, 2.45) is 5.92 Å². The summed E-state index contributed by atoms with van der Waals surface area (Å²) in [6, 6.07) is 17.2. The Morgan fingerprint density at radius 2 is 1.96 bits per heavy atom. The van der Waals surface area contributed by atoms with Crippen LogP contribution >= 0.6 is 0 Å². The molecule has 6 nitrogen and oxygen atoms in total. The Bertz CT molecular complexity index is 824. The minimum atomic E-state index is -0.177. The fourth-order valence-corrected chi connectivity index (χ4v) is 3.62. The molecule has 2 N–H and O–H groups in total. The number of urea groups is 1. The molecule has 3 amide bonds. The first kappa shape index (κ1) is 17.4. The highest BCUT2D eigenvalue weighted by Crippen LogP contribution is 2.24. The van der Waals surface area contributed by atoms with Crippen LogP contribution in [-0.2, 0) is 11.4 Å². The van der Waals surface area contributed by atoms with Crippen molar-refractivity contribution in [1.29, 1.82) is 0 Å². The number of carbonyl (C=O) groups excluding carboxylic acids is 2. The molecule has 5 rings (SSSR count). The predicted molar refractivity (Wildman–Crippen MR) is 102 cm³/mol. The van der Waals surface area contributed by atoms with Gasteiger partial charge in [0, 0.05) is 30.9 Å². The zero-order valence-corrected chi connectivity index (χ0v) is 15.1. The Kier molecular flexibility index (Phi) is 4.96. The maximum atomic E-state index is 12.7. The van der Waals surface area contributed by atoms with Crippen LogP contribution in [0.5, 0.6) is 5.75 Å². The maximum Gasteiger partial charge on any atom is 0.321 e. The smallest absolute Gasteiger partial charge is 0.321 e. The Labute approximate surface area is 158 Å². The second kappa shape index (κ2) is 7.70. The normalized spacial score (nSPS) is 21.3. The molecule has 2 atom stereocenters. The van der Waals surface area contributed by atoms with Gasteiger partial charge in [-0.05, 0) is 30.5 Å². The van der Waals surface area contributed by atoms with Crippen molar-refractivity contribution in [3.05, 3.63) is 60.2 Å². The monoisotopic (exact) mass is 365 g/mol. The van der Waals surface area contributed by atoms with Crippen molar-refractivity contribution in [2.75, 3.05) is 18.4 Å². The van der Waals surface area contributed by atoms with E-state index in [1.54, 1.807) is 4.90 Å². The van der Waals surface area contributed by atoms with Crippen LogP contribution in [0.15, 0.2) is 54.6 Å². The minimum Gasteiger partial charge on any atom is -0.489 e. The van der Waals surface area contributed by atoms with E-state index in [2.05, 4.69) is 10.6 Å². The molecule has 2 aromatic rings. The Balaban J connectivity index is 1.37. The van der Waals surface area contributed by atoms with Gasteiger partial charge in [-0.1, -0.05) is 36.4 Å². The van der Waals surface area contributed by atoms with Gasteiger partial charge in [0.25, 0.3) is 0 Å². The first-order chi connectivity index (χ1) is 13.2. The summed E-state index contributed by atoms with van der Waals surface area (Å²) in [5.41, 5.74) is 1.77. The van der Waals surface area contributed by atoms with E-state index < -0.39 is 0 Å². The number of rotatable bonds is 4. The summed E-state index contributed by atoms with van der Waals surface area (Å²) in [7, 11) is 0. The molecular weight excluding hydrogens is 342 g/mol. The van der Waals surface area contributed by atoms with Gasteiger partial charge in [0.1, 0.15) is 12.4 Å². The van der Waals surface area contributed by atoms with Crippen LogP contribution in [0.3, 0.4) is 0 Å². The van der Waals surface area contributed by atoms with Crippen LogP contribution in [-0.4, -0.2) is 36.0 Å². The minimum absolute atomic E-state index is 0.0579. The van der Waals surface area contributed by atoms with Gasteiger partial charge in [0.2, 0.25) is 5.91 Å². The Hall–Kier alpha value is -3.02. The highest BCUT2D eigenvalue weighted by Gasteiger charge is 2.36. The highest BCUT2D eigenvalue weighted by atomic mass is 16.5. The lowest BCUT2D eigenvalue weighted by molar-refractivity contribution is -0.126. The van der Waals surface area contributed by atoms with Crippen LogP contribution in [0.25, 0.3) is 0 Å². The van der Waals surface area contributed by atoms with Crippen LogP contribution in [0.4, 0.5) is 10.5 Å². The van der Waals surface area contributed by atoms with Crippen LogP contribution in [0.1, 0.15) is 18.4 Å². The topological polar surface area (TPSA) is 70.7 Å². The van der Waals surface area contributed by atoms with Gasteiger partial charge < -0.3 is 20.3 Å². The van der Waals surface area contributed by atoms with Crippen molar-refractivity contribution in [3.63, 3.8) is 0 Å². The SMILES string of the molecule is O=C1N[C@H]2CC[C@@H]1CN(C(=O)Nc1cccc(OCc3ccccc3)c1)C2. The summed E-state index contributed by atoms with van der Waals surface area (Å²) in [6.07, 6.45) is 1.78. The molecule has 140 valence electrons. The third kappa shape index (κ3) is 4.22. The molecule has 6 heteroatoms. The lowest BCUT2D eigenvalue weighted by atomic mass is 9.96. The van der Waals surface area contributed by atoms with Crippen LogP contribution in [0, 0.1) is 5.92 Å². The molecule has 3 fully saturated rings. The van der Waals surface area contributed by atoms with E-state index in [4.69, 9.17) is 4.74 Å².